The first kappa shape index (κ1) is 17.6. The molecule has 0 unspecified atom stereocenters. The number of aromatic nitrogens is 1. The summed E-state index contributed by atoms with van der Waals surface area (Å²) in [4.78, 5) is 4.61. The predicted molar refractivity (Wildman–Crippen MR) is 110 cm³/mol. The summed E-state index contributed by atoms with van der Waals surface area (Å²) in [5, 5.41) is 8.55. The Kier molecular flexibility index (Phi) is 5.16. The standard InChI is InChI=1S/C20H15FN2S.BrH/c1-13-10-16(7-9-18(13)21)19-12-24-20(23-19)22-17-8-6-14-4-2-3-5-15(14)11-17;/h2-12H,1H3,(H,22,23);1H. The highest BCUT2D eigenvalue weighted by atomic mass is 79.9. The van der Waals surface area contributed by atoms with Crippen LogP contribution in [-0.2, 0) is 0 Å². The minimum atomic E-state index is -0.191. The van der Waals surface area contributed by atoms with Gasteiger partial charge in [0.25, 0.3) is 0 Å². The summed E-state index contributed by atoms with van der Waals surface area (Å²) in [5.74, 6) is -0.191. The van der Waals surface area contributed by atoms with Crippen molar-refractivity contribution in [1.29, 1.82) is 0 Å². The normalized spacial score (nSPS) is 10.5. The van der Waals surface area contributed by atoms with E-state index in [2.05, 4.69) is 34.6 Å². The van der Waals surface area contributed by atoms with Crippen LogP contribution < -0.4 is 5.32 Å². The molecule has 0 fully saturated rings. The van der Waals surface area contributed by atoms with Crippen LogP contribution in [0.2, 0.25) is 0 Å². The summed E-state index contributed by atoms with van der Waals surface area (Å²) in [6.45, 7) is 1.76. The van der Waals surface area contributed by atoms with Crippen LogP contribution in [0, 0.1) is 12.7 Å². The number of benzene rings is 3. The van der Waals surface area contributed by atoms with E-state index in [9.17, 15) is 4.39 Å². The van der Waals surface area contributed by atoms with Gasteiger partial charge in [0.1, 0.15) is 5.82 Å². The first-order valence-electron chi connectivity index (χ1n) is 7.67. The third kappa shape index (κ3) is 3.72. The smallest absolute Gasteiger partial charge is 0.187 e. The molecule has 4 aromatic rings. The van der Waals surface area contributed by atoms with Gasteiger partial charge in [-0.2, -0.15) is 0 Å². The molecule has 4 rings (SSSR count). The first-order valence-corrected chi connectivity index (χ1v) is 8.55. The molecule has 0 aliphatic rings. The third-order valence-corrected chi connectivity index (χ3v) is 4.72. The summed E-state index contributed by atoms with van der Waals surface area (Å²) in [7, 11) is 0. The fourth-order valence-corrected chi connectivity index (χ4v) is 3.40. The van der Waals surface area contributed by atoms with E-state index in [0.29, 0.717) is 5.56 Å². The molecule has 126 valence electrons. The summed E-state index contributed by atoms with van der Waals surface area (Å²) >= 11 is 1.54. The molecule has 0 aliphatic heterocycles. The van der Waals surface area contributed by atoms with Crippen LogP contribution in [0.4, 0.5) is 15.2 Å². The van der Waals surface area contributed by atoms with E-state index in [1.807, 2.05) is 29.6 Å². The summed E-state index contributed by atoms with van der Waals surface area (Å²) in [6.07, 6.45) is 0. The lowest BCUT2D eigenvalue weighted by atomic mass is 10.1. The number of hydrogen-bond donors (Lipinski definition) is 1. The van der Waals surface area contributed by atoms with Gasteiger partial charge in [-0.25, -0.2) is 9.37 Å². The van der Waals surface area contributed by atoms with E-state index in [1.54, 1.807) is 13.0 Å². The maximum Gasteiger partial charge on any atom is 0.187 e. The molecule has 1 aromatic heterocycles. The summed E-state index contributed by atoms with van der Waals surface area (Å²) in [6, 6.07) is 19.6. The average Bonchev–Trinajstić information content (AvgIpc) is 3.06. The van der Waals surface area contributed by atoms with Crippen LogP contribution in [0.5, 0.6) is 0 Å². The lowest BCUT2D eigenvalue weighted by Crippen LogP contribution is -1.90. The highest BCUT2D eigenvalue weighted by molar-refractivity contribution is 8.93. The van der Waals surface area contributed by atoms with Gasteiger partial charge in [-0.3, -0.25) is 0 Å². The molecule has 2 nitrogen and oxygen atoms in total. The van der Waals surface area contributed by atoms with Gasteiger partial charge in [0.2, 0.25) is 0 Å². The van der Waals surface area contributed by atoms with Crippen LogP contribution in [0.3, 0.4) is 0 Å². The van der Waals surface area contributed by atoms with E-state index in [-0.39, 0.29) is 22.8 Å². The fourth-order valence-electron chi connectivity index (χ4n) is 2.66. The monoisotopic (exact) mass is 414 g/mol. The summed E-state index contributed by atoms with van der Waals surface area (Å²) < 4.78 is 13.4. The maximum atomic E-state index is 13.4. The molecular weight excluding hydrogens is 399 g/mol. The number of fused-ring (bicyclic) bond motifs is 1. The van der Waals surface area contributed by atoms with Crippen molar-refractivity contribution in [1.82, 2.24) is 4.98 Å². The van der Waals surface area contributed by atoms with Gasteiger partial charge in [0.05, 0.1) is 5.69 Å². The largest absolute Gasteiger partial charge is 0.332 e. The Morgan fingerprint density at radius 3 is 2.56 bits per heavy atom. The minimum Gasteiger partial charge on any atom is -0.332 e. The van der Waals surface area contributed by atoms with Gasteiger partial charge < -0.3 is 5.32 Å². The van der Waals surface area contributed by atoms with E-state index in [0.717, 1.165) is 22.1 Å². The lowest BCUT2D eigenvalue weighted by Gasteiger charge is -2.04. The molecule has 0 saturated carbocycles. The Labute approximate surface area is 160 Å². The highest BCUT2D eigenvalue weighted by Crippen LogP contribution is 2.29. The van der Waals surface area contributed by atoms with E-state index in [4.69, 9.17) is 0 Å². The van der Waals surface area contributed by atoms with Crippen LogP contribution in [-0.4, -0.2) is 4.98 Å². The Bertz CT molecular complexity index is 1030. The molecule has 0 amide bonds. The van der Waals surface area contributed by atoms with Crippen molar-refractivity contribution in [3.05, 3.63) is 77.4 Å². The van der Waals surface area contributed by atoms with Crippen LogP contribution >= 0.6 is 28.3 Å². The van der Waals surface area contributed by atoms with Crippen molar-refractivity contribution in [3.8, 4) is 11.3 Å². The minimum absolute atomic E-state index is 0. The Hall–Kier alpha value is -2.24. The van der Waals surface area contributed by atoms with E-state index >= 15 is 0 Å². The van der Waals surface area contributed by atoms with Crippen LogP contribution in [0.25, 0.3) is 22.0 Å². The van der Waals surface area contributed by atoms with Crippen molar-refractivity contribution in [3.63, 3.8) is 0 Å². The molecular formula is C20H16BrFN2S. The van der Waals surface area contributed by atoms with Crippen LogP contribution in [0.15, 0.2) is 66.0 Å². The van der Waals surface area contributed by atoms with Gasteiger partial charge in [0, 0.05) is 16.6 Å². The zero-order valence-corrected chi connectivity index (χ0v) is 16.0. The second-order valence-corrected chi connectivity index (χ2v) is 6.55. The zero-order valence-electron chi connectivity index (χ0n) is 13.5. The van der Waals surface area contributed by atoms with Crippen LogP contribution in [0.1, 0.15) is 5.56 Å². The second kappa shape index (κ2) is 7.33. The molecule has 0 saturated heterocycles. The number of rotatable bonds is 3. The van der Waals surface area contributed by atoms with Gasteiger partial charge in [-0.05, 0) is 53.6 Å². The molecule has 0 radical (unpaired) electrons. The van der Waals surface area contributed by atoms with Crippen molar-refractivity contribution in [2.75, 3.05) is 5.32 Å². The lowest BCUT2D eigenvalue weighted by molar-refractivity contribution is 0.619. The molecule has 0 bridgehead atoms. The second-order valence-electron chi connectivity index (χ2n) is 5.69. The molecule has 5 heteroatoms. The number of nitrogens with one attached hydrogen (secondary N) is 1. The third-order valence-electron chi connectivity index (χ3n) is 3.96. The Balaban J connectivity index is 0.00000182. The average molecular weight is 415 g/mol. The number of hydrogen-bond acceptors (Lipinski definition) is 3. The maximum absolute atomic E-state index is 13.4. The topological polar surface area (TPSA) is 24.9 Å². The summed E-state index contributed by atoms with van der Waals surface area (Å²) in [5.41, 5.74) is 3.41. The number of aryl methyl sites for hydroxylation is 1. The molecule has 1 heterocycles. The number of anilines is 2. The van der Waals surface area contributed by atoms with E-state index in [1.165, 1.54) is 28.2 Å². The van der Waals surface area contributed by atoms with Gasteiger partial charge in [-0.1, -0.05) is 30.3 Å². The van der Waals surface area contributed by atoms with Crippen molar-refractivity contribution >= 4 is 49.9 Å². The predicted octanol–water partition coefficient (Wildman–Crippen LogP) is 6.73. The molecule has 1 N–H and O–H groups in total. The van der Waals surface area contributed by atoms with E-state index < -0.39 is 0 Å². The Morgan fingerprint density at radius 2 is 1.76 bits per heavy atom. The number of nitrogens with zero attached hydrogens (tertiary/aromatic N) is 1. The zero-order chi connectivity index (χ0) is 16.5. The SMILES string of the molecule is Br.Cc1cc(-c2csc(Nc3ccc4ccccc4c3)n2)ccc1F. The van der Waals surface area contributed by atoms with Gasteiger partial charge in [0.15, 0.2) is 5.13 Å². The van der Waals surface area contributed by atoms with Gasteiger partial charge in [-0.15, -0.1) is 28.3 Å². The van der Waals surface area contributed by atoms with Crippen molar-refractivity contribution < 1.29 is 4.39 Å². The molecule has 0 atom stereocenters. The van der Waals surface area contributed by atoms with Crippen molar-refractivity contribution in [2.45, 2.75) is 6.92 Å². The van der Waals surface area contributed by atoms with Crippen molar-refractivity contribution in [2.24, 2.45) is 0 Å². The molecule has 0 spiro atoms. The highest BCUT2D eigenvalue weighted by Gasteiger charge is 2.07. The molecule has 0 aliphatic carbocycles. The number of halogens is 2. The fraction of sp³-hybridized carbons (Fsp3) is 0.0500. The van der Waals surface area contributed by atoms with Gasteiger partial charge >= 0.3 is 0 Å². The number of thiazole rings is 1. The molecule has 25 heavy (non-hydrogen) atoms. The Morgan fingerprint density at radius 1 is 0.960 bits per heavy atom. The first-order chi connectivity index (χ1) is 11.7. The quantitative estimate of drug-likeness (QED) is 0.401. The molecule has 3 aromatic carbocycles.